The lowest BCUT2D eigenvalue weighted by Gasteiger charge is -2.13. The number of amides is 1. The molecule has 0 bridgehead atoms. The fourth-order valence-corrected chi connectivity index (χ4v) is 3.30. The summed E-state index contributed by atoms with van der Waals surface area (Å²) in [7, 11) is 0. The molecule has 0 aliphatic carbocycles. The van der Waals surface area contributed by atoms with Crippen LogP contribution in [0.1, 0.15) is 29.9 Å². The van der Waals surface area contributed by atoms with Crippen molar-refractivity contribution in [1.82, 2.24) is 19.6 Å². The van der Waals surface area contributed by atoms with Crippen molar-refractivity contribution in [2.75, 3.05) is 5.32 Å². The minimum Gasteiger partial charge on any atom is -0.322 e. The van der Waals surface area contributed by atoms with Gasteiger partial charge in [0.05, 0.1) is 44.3 Å². The average Bonchev–Trinajstić information content (AvgIpc) is 3.17. The van der Waals surface area contributed by atoms with Gasteiger partial charge in [0.2, 0.25) is 5.91 Å². The Morgan fingerprint density at radius 1 is 1.30 bits per heavy atom. The van der Waals surface area contributed by atoms with Crippen LogP contribution in [0.3, 0.4) is 0 Å². The number of rotatable bonds is 5. The fraction of sp³-hybridized carbons (Fsp3) is 0.278. The number of aromatic nitrogens is 4. The molecule has 0 radical (unpaired) electrons. The van der Waals surface area contributed by atoms with E-state index in [2.05, 4.69) is 31.4 Å². The van der Waals surface area contributed by atoms with Crippen LogP contribution in [0.4, 0.5) is 5.69 Å². The lowest BCUT2D eigenvalue weighted by Crippen LogP contribution is -2.25. The molecule has 0 saturated heterocycles. The highest BCUT2D eigenvalue weighted by Gasteiger charge is 2.20. The van der Waals surface area contributed by atoms with Crippen LogP contribution in [0.25, 0.3) is 0 Å². The van der Waals surface area contributed by atoms with Crippen molar-refractivity contribution >= 4 is 50.7 Å². The molecular weight excluding hydrogens is 453 g/mol. The number of carbonyl (C=O) groups is 1. The quantitative estimate of drug-likeness (QED) is 0.569. The minimum absolute atomic E-state index is 0.165. The Kier molecular flexibility index (Phi) is 5.93. The van der Waals surface area contributed by atoms with Crippen molar-refractivity contribution in [3.05, 3.63) is 62.1 Å². The van der Waals surface area contributed by atoms with Crippen LogP contribution in [-0.2, 0) is 11.3 Å². The number of anilines is 1. The SMILES string of the molecule is Cc1nn(C(C)C(=O)Nc2cnn(Cc3ccc(Cl)c(Cl)c3)c2)c(C)c1Br. The highest BCUT2D eigenvalue weighted by atomic mass is 79.9. The fourth-order valence-electron chi connectivity index (χ4n) is 2.72. The van der Waals surface area contributed by atoms with Gasteiger partial charge in [0.1, 0.15) is 6.04 Å². The van der Waals surface area contributed by atoms with Crippen molar-refractivity contribution in [2.24, 2.45) is 0 Å². The predicted molar refractivity (Wildman–Crippen MR) is 111 cm³/mol. The Labute approximate surface area is 175 Å². The van der Waals surface area contributed by atoms with Gasteiger partial charge in [0.25, 0.3) is 0 Å². The third kappa shape index (κ3) is 4.36. The monoisotopic (exact) mass is 469 g/mol. The highest BCUT2D eigenvalue weighted by molar-refractivity contribution is 9.10. The van der Waals surface area contributed by atoms with E-state index < -0.39 is 6.04 Å². The molecule has 0 spiro atoms. The van der Waals surface area contributed by atoms with E-state index in [-0.39, 0.29) is 5.91 Å². The molecule has 2 heterocycles. The molecule has 0 aliphatic heterocycles. The number of nitrogens with zero attached hydrogens (tertiary/aromatic N) is 4. The first kappa shape index (κ1) is 19.9. The maximum absolute atomic E-state index is 12.6. The second-order valence-corrected chi connectivity index (χ2v) is 7.88. The number of aryl methyl sites for hydroxylation is 1. The largest absolute Gasteiger partial charge is 0.322 e. The van der Waals surface area contributed by atoms with E-state index >= 15 is 0 Å². The molecule has 1 unspecified atom stereocenters. The van der Waals surface area contributed by atoms with Crippen molar-refractivity contribution < 1.29 is 4.79 Å². The first-order valence-corrected chi connectivity index (χ1v) is 9.79. The first-order chi connectivity index (χ1) is 12.8. The second kappa shape index (κ2) is 8.04. The molecule has 27 heavy (non-hydrogen) atoms. The summed E-state index contributed by atoms with van der Waals surface area (Å²) in [6, 6.07) is 4.98. The van der Waals surface area contributed by atoms with Gasteiger partial charge in [-0.3, -0.25) is 14.2 Å². The summed E-state index contributed by atoms with van der Waals surface area (Å²) in [6.07, 6.45) is 3.38. The molecule has 142 valence electrons. The van der Waals surface area contributed by atoms with Crippen molar-refractivity contribution in [1.29, 1.82) is 0 Å². The van der Waals surface area contributed by atoms with Gasteiger partial charge in [-0.25, -0.2) is 0 Å². The number of nitrogens with one attached hydrogen (secondary N) is 1. The van der Waals surface area contributed by atoms with Crippen LogP contribution < -0.4 is 5.32 Å². The second-order valence-electron chi connectivity index (χ2n) is 6.27. The Hall–Kier alpha value is -1.83. The lowest BCUT2D eigenvalue weighted by atomic mass is 10.2. The number of hydrogen-bond acceptors (Lipinski definition) is 3. The van der Waals surface area contributed by atoms with Crippen LogP contribution in [0.5, 0.6) is 0 Å². The van der Waals surface area contributed by atoms with Gasteiger partial charge in [-0.1, -0.05) is 29.3 Å². The Morgan fingerprint density at radius 2 is 2.04 bits per heavy atom. The zero-order valence-electron chi connectivity index (χ0n) is 15.0. The van der Waals surface area contributed by atoms with E-state index in [4.69, 9.17) is 23.2 Å². The number of carbonyl (C=O) groups excluding carboxylic acids is 1. The van der Waals surface area contributed by atoms with Gasteiger partial charge < -0.3 is 5.32 Å². The van der Waals surface area contributed by atoms with E-state index in [1.165, 1.54) is 0 Å². The van der Waals surface area contributed by atoms with E-state index in [0.29, 0.717) is 22.3 Å². The van der Waals surface area contributed by atoms with Gasteiger partial charge in [0, 0.05) is 6.20 Å². The maximum atomic E-state index is 12.6. The van der Waals surface area contributed by atoms with Crippen LogP contribution in [0.15, 0.2) is 35.1 Å². The minimum atomic E-state index is -0.451. The summed E-state index contributed by atoms with van der Waals surface area (Å²) in [6.45, 7) is 6.14. The van der Waals surface area contributed by atoms with Gasteiger partial charge >= 0.3 is 0 Å². The molecule has 1 atom stereocenters. The summed E-state index contributed by atoms with van der Waals surface area (Å²) < 4.78 is 4.34. The van der Waals surface area contributed by atoms with Crippen molar-refractivity contribution in [3.8, 4) is 0 Å². The third-order valence-electron chi connectivity index (χ3n) is 4.21. The standard InChI is InChI=1S/C18H18BrCl2N5O/c1-10-17(19)11(2)26(24-10)12(3)18(27)23-14-7-22-25(9-14)8-13-4-5-15(20)16(21)6-13/h4-7,9,12H,8H2,1-3H3,(H,23,27). The Bertz CT molecular complexity index is 998. The van der Waals surface area contributed by atoms with Crippen molar-refractivity contribution in [3.63, 3.8) is 0 Å². The van der Waals surface area contributed by atoms with Crippen LogP contribution in [0.2, 0.25) is 10.0 Å². The lowest BCUT2D eigenvalue weighted by molar-refractivity contribution is -0.119. The first-order valence-electron chi connectivity index (χ1n) is 8.24. The summed E-state index contributed by atoms with van der Waals surface area (Å²) in [5.74, 6) is -0.165. The zero-order chi connectivity index (χ0) is 19.7. The number of hydrogen-bond donors (Lipinski definition) is 1. The smallest absolute Gasteiger partial charge is 0.249 e. The Balaban J connectivity index is 1.68. The normalized spacial score (nSPS) is 12.2. The molecular formula is C18H18BrCl2N5O. The van der Waals surface area contributed by atoms with Gasteiger partial charge in [-0.15, -0.1) is 0 Å². The molecule has 0 aliphatic rings. The molecule has 1 amide bonds. The molecule has 1 N–H and O–H groups in total. The summed E-state index contributed by atoms with van der Waals surface area (Å²) in [5, 5.41) is 12.6. The van der Waals surface area contributed by atoms with Crippen LogP contribution in [0, 0.1) is 13.8 Å². The molecule has 6 nitrogen and oxygen atoms in total. The Morgan fingerprint density at radius 3 is 2.67 bits per heavy atom. The van der Waals surface area contributed by atoms with Gasteiger partial charge in [0.15, 0.2) is 0 Å². The van der Waals surface area contributed by atoms with E-state index in [9.17, 15) is 4.79 Å². The molecule has 1 aromatic carbocycles. The molecule has 0 saturated carbocycles. The van der Waals surface area contributed by atoms with Gasteiger partial charge in [-0.2, -0.15) is 10.2 Å². The average molecular weight is 471 g/mol. The summed E-state index contributed by atoms with van der Waals surface area (Å²) >= 11 is 15.5. The number of halogens is 3. The molecule has 9 heteroatoms. The van der Waals surface area contributed by atoms with E-state index in [0.717, 1.165) is 21.4 Å². The topological polar surface area (TPSA) is 64.7 Å². The summed E-state index contributed by atoms with van der Waals surface area (Å²) in [5.41, 5.74) is 3.34. The van der Waals surface area contributed by atoms with Crippen molar-refractivity contribution in [2.45, 2.75) is 33.4 Å². The number of benzene rings is 1. The van der Waals surface area contributed by atoms with Crippen LogP contribution >= 0.6 is 39.1 Å². The summed E-state index contributed by atoms with van der Waals surface area (Å²) in [4.78, 5) is 12.6. The molecule has 2 aromatic heterocycles. The van der Waals surface area contributed by atoms with Crippen LogP contribution in [-0.4, -0.2) is 25.5 Å². The third-order valence-corrected chi connectivity index (χ3v) is 6.10. The van der Waals surface area contributed by atoms with E-state index in [1.807, 2.05) is 19.9 Å². The predicted octanol–water partition coefficient (Wildman–Crippen LogP) is 5.01. The van der Waals surface area contributed by atoms with E-state index in [1.54, 1.807) is 40.8 Å². The molecule has 3 rings (SSSR count). The zero-order valence-corrected chi connectivity index (χ0v) is 18.1. The maximum Gasteiger partial charge on any atom is 0.249 e. The van der Waals surface area contributed by atoms with Gasteiger partial charge in [-0.05, 0) is 54.4 Å². The molecule has 0 fully saturated rings. The molecule has 3 aromatic rings. The highest BCUT2D eigenvalue weighted by Crippen LogP contribution is 2.24.